The first kappa shape index (κ1) is 43.3. The number of hydrogen-bond donors (Lipinski definition) is 6. The molecule has 1 unspecified atom stereocenters. The summed E-state index contributed by atoms with van der Waals surface area (Å²) in [6.07, 6.45) is 0.449. The van der Waals surface area contributed by atoms with E-state index < -0.39 is 48.2 Å². The normalized spacial score (nSPS) is 15.7. The summed E-state index contributed by atoms with van der Waals surface area (Å²) in [4.78, 5) is 59.4. The van der Waals surface area contributed by atoms with Crippen molar-refractivity contribution in [2.45, 2.75) is 89.9 Å². The molecule has 58 heavy (non-hydrogen) atoms. The van der Waals surface area contributed by atoms with E-state index in [9.17, 15) is 24.3 Å². The van der Waals surface area contributed by atoms with E-state index in [4.69, 9.17) is 4.74 Å². The van der Waals surface area contributed by atoms with Crippen LogP contribution in [0.4, 0.5) is 10.5 Å². The molecule has 4 amide bonds. The second-order valence-corrected chi connectivity index (χ2v) is 15.3. The lowest BCUT2D eigenvalue weighted by Crippen LogP contribution is -2.63. The Morgan fingerprint density at radius 1 is 0.655 bits per heavy atom. The number of alkyl carbamates (subject to hydrolysis) is 1. The Kier molecular flexibility index (Phi) is 16.1. The molecule has 12 nitrogen and oxygen atoms in total. The van der Waals surface area contributed by atoms with E-state index in [1.807, 2.05) is 135 Å². The van der Waals surface area contributed by atoms with E-state index in [0.29, 0.717) is 13.0 Å². The zero-order valence-electron chi connectivity index (χ0n) is 33.6. The summed E-state index contributed by atoms with van der Waals surface area (Å²) in [5.41, 5.74) is 4.51. The molecule has 0 radical (unpaired) electrons. The van der Waals surface area contributed by atoms with Crippen molar-refractivity contribution >= 4 is 35.7 Å². The van der Waals surface area contributed by atoms with Gasteiger partial charge in [0.1, 0.15) is 24.7 Å². The van der Waals surface area contributed by atoms with Crippen molar-refractivity contribution in [1.82, 2.24) is 26.6 Å². The Morgan fingerprint density at radius 2 is 1.21 bits per heavy atom. The third-order valence-electron chi connectivity index (χ3n) is 10.2. The third kappa shape index (κ3) is 12.6. The number of nitrogens with one attached hydrogen (secondary N) is 5. The number of carbonyl (C=O) groups is 4. The Morgan fingerprint density at radius 3 is 1.84 bits per heavy atom. The van der Waals surface area contributed by atoms with Crippen LogP contribution in [0.3, 0.4) is 0 Å². The van der Waals surface area contributed by atoms with Crippen LogP contribution < -0.4 is 26.6 Å². The van der Waals surface area contributed by atoms with Gasteiger partial charge in [-0.2, -0.15) is 0 Å². The van der Waals surface area contributed by atoms with Gasteiger partial charge in [0.15, 0.2) is 0 Å². The maximum absolute atomic E-state index is 14.3. The number of carbonyl (C=O) groups excluding carboxylic acids is 4. The number of aliphatic hydroxyl groups is 1. The molecule has 1 aliphatic heterocycles. The fourth-order valence-electron chi connectivity index (χ4n) is 6.89. The summed E-state index contributed by atoms with van der Waals surface area (Å²) in [6, 6.07) is 31.6. The van der Waals surface area contributed by atoms with E-state index in [-0.39, 0.29) is 43.2 Å². The second kappa shape index (κ2) is 21.6. The molecule has 0 fully saturated rings. The molecule has 0 saturated carbocycles. The van der Waals surface area contributed by atoms with Crippen LogP contribution in [0.25, 0.3) is 0 Å². The van der Waals surface area contributed by atoms with Gasteiger partial charge in [-0.15, -0.1) is 0 Å². The van der Waals surface area contributed by atoms with E-state index in [0.717, 1.165) is 27.9 Å². The van der Waals surface area contributed by atoms with Crippen LogP contribution in [-0.2, 0) is 38.7 Å². The number of rotatable bonds is 20. The zero-order chi connectivity index (χ0) is 41.4. The number of benzene rings is 4. The van der Waals surface area contributed by atoms with Gasteiger partial charge in [-0.3, -0.25) is 24.7 Å². The van der Waals surface area contributed by atoms with Crippen LogP contribution in [0.5, 0.6) is 0 Å². The van der Waals surface area contributed by atoms with Gasteiger partial charge in [0.2, 0.25) is 17.7 Å². The first-order valence-corrected chi connectivity index (χ1v) is 20.0. The molecule has 0 aromatic heterocycles. The molecule has 0 aliphatic carbocycles. The molecule has 0 saturated heterocycles. The van der Waals surface area contributed by atoms with Crippen LogP contribution in [0.1, 0.15) is 62.3 Å². The Hall–Kier alpha value is -5.85. The zero-order valence-corrected chi connectivity index (χ0v) is 33.6. The highest BCUT2D eigenvalue weighted by Gasteiger charge is 2.38. The van der Waals surface area contributed by atoms with Gasteiger partial charge in [0.05, 0.1) is 17.8 Å². The lowest BCUT2D eigenvalue weighted by atomic mass is 9.93. The fraction of sp³-hybridized carbons (Fsp3) is 0.370. The van der Waals surface area contributed by atoms with Crippen molar-refractivity contribution < 1.29 is 29.0 Å². The monoisotopic (exact) mass is 788 g/mol. The minimum absolute atomic E-state index is 0.0254. The molecule has 4 aromatic rings. The topological polar surface area (TPSA) is 170 Å². The predicted molar refractivity (Wildman–Crippen MR) is 225 cm³/mol. The summed E-state index contributed by atoms with van der Waals surface area (Å²) in [6.45, 7) is 7.88. The van der Waals surface area contributed by atoms with Crippen LogP contribution in [0.15, 0.2) is 120 Å². The highest BCUT2D eigenvalue weighted by Crippen LogP contribution is 2.33. The Balaban J connectivity index is 1.32. The third-order valence-corrected chi connectivity index (χ3v) is 10.2. The summed E-state index contributed by atoms with van der Waals surface area (Å²) >= 11 is 0. The molecule has 0 spiro atoms. The number of ether oxygens (including phenoxy) is 1. The molecule has 4 aromatic carbocycles. The second-order valence-electron chi connectivity index (χ2n) is 15.3. The molecule has 1 heterocycles. The summed E-state index contributed by atoms with van der Waals surface area (Å²) < 4.78 is 5.41. The fourth-order valence-corrected chi connectivity index (χ4v) is 6.89. The van der Waals surface area contributed by atoms with E-state index in [1.165, 1.54) is 0 Å². The molecular weight excluding hydrogens is 733 g/mol. The molecule has 12 heteroatoms. The largest absolute Gasteiger partial charge is 0.445 e. The van der Waals surface area contributed by atoms with Crippen LogP contribution >= 0.6 is 0 Å². The SMILES string of the molecule is CC(C)[C@H](NC(=O)OCc1ccccc1)C(=O)N[C@@H](Cc1ccccc1)[C@@H](O)[C@@H](NCc1ccccc1)C(=O)N[C@H](C(=O)NCCC1C=Nc2ccccc21)C(C)C. The smallest absolute Gasteiger partial charge is 0.408 e. The standard InChI is InChI=1S/C46H56N6O6/c1-30(2)39(43(54)47-25-24-35-28-48-37-23-15-14-22-36(35)37)51-45(56)41(49-27-33-18-10-6-11-19-33)42(53)38(26-32-16-8-5-9-17-32)50-44(55)40(31(3)4)52-46(57)58-29-34-20-12-7-13-21-34/h5-23,28,30-31,35,38-42,49,53H,24-27,29H2,1-4H3,(H,47,54)(H,50,55)(H,51,56)(H,52,57)/t35?,38-,39-,40-,41+,42+/m0/s1. The molecule has 5 rings (SSSR count). The van der Waals surface area contributed by atoms with Crippen molar-refractivity contribution in [3.05, 3.63) is 138 Å². The number of para-hydroxylation sites is 1. The highest BCUT2D eigenvalue weighted by atomic mass is 16.5. The van der Waals surface area contributed by atoms with Gasteiger partial charge >= 0.3 is 6.09 Å². The molecule has 6 atom stereocenters. The summed E-state index contributed by atoms with van der Waals surface area (Å²) in [7, 11) is 0. The summed E-state index contributed by atoms with van der Waals surface area (Å²) in [5, 5.41) is 27.0. The van der Waals surface area contributed by atoms with Gasteiger partial charge in [-0.1, -0.05) is 137 Å². The van der Waals surface area contributed by atoms with Crippen molar-refractivity contribution in [3.8, 4) is 0 Å². The van der Waals surface area contributed by atoms with Crippen molar-refractivity contribution in [2.24, 2.45) is 16.8 Å². The van der Waals surface area contributed by atoms with Crippen LogP contribution in [0, 0.1) is 11.8 Å². The van der Waals surface area contributed by atoms with Gasteiger partial charge in [0.25, 0.3) is 0 Å². The van der Waals surface area contributed by atoms with Gasteiger partial charge in [-0.25, -0.2) is 4.79 Å². The first-order chi connectivity index (χ1) is 28.0. The van der Waals surface area contributed by atoms with E-state index in [2.05, 4.69) is 31.6 Å². The minimum Gasteiger partial charge on any atom is -0.445 e. The van der Waals surface area contributed by atoms with Crippen molar-refractivity contribution in [3.63, 3.8) is 0 Å². The maximum atomic E-state index is 14.3. The molecule has 306 valence electrons. The first-order valence-electron chi connectivity index (χ1n) is 20.0. The molecule has 0 bridgehead atoms. The number of nitrogens with zero attached hydrogens (tertiary/aromatic N) is 1. The van der Waals surface area contributed by atoms with Crippen molar-refractivity contribution in [2.75, 3.05) is 6.54 Å². The maximum Gasteiger partial charge on any atom is 0.408 e. The van der Waals surface area contributed by atoms with Crippen molar-refractivity contribution in [1.29, 1.82) is 0 Å². The quantitative estimate of drug-likeness (QED) is 0.0704. The lowest BCUT2D eigenvalue weighted by molar-refractivity contribution is -0.133. The van der Waals surface area contributed by atoms with Gasteiger partial charge in [0, 0.05) is 25.2 Å². The number of aliphatic imine (C=N–C) groups is 1. The minimum atomic E-state index is -1.48. The molecule has 1 aliphatic rings. The average Bonchev–Trinajstić information content (AvgIpc) is 3.64. The summed E-state index contributed by atoms with van der Waals surface area (Å²) in [5.74, 6) is -2.07. The van der Waals surface area contributed by atoms with Crippen LogP contribution in [-0.4, -0.2) is 72.0 Å². The number of amides is 4. The molecule has 6 N–H and O–H groups in total. The lowest BCUT2D eigenvalue weighted by Gasteiger charge is -2.33. The van der Waals surface area contributed by atoms with Crippen LogP contribution in [0.2, 0.25) is 0 Å². The van der Waals surface area contributed by atoms with E-state index in [1.54, 1.807) is 13.8 Å². The average molecular weight is 789 g/mol. The Bertz CT molecular complexity index is 1960. The highest BCUT2D eigenvalue weighted by molar-refractivity contribution is 5.91. The number of aliphatic hydroxyl groups excluding tert-OH is 1. The molecular formula is C46H56N6O6. The van der Waals surface area contributed by atoms with Gasteiger partial charge < -0.3 is 31.1 Å². The van der Waals surface area contributed by atoms with E-state index >= 15 is 0 Å². The predicted octanol–water partition coefficient (Wildman–Crippen LogP) is 5.33. The van der Waals surface area contributed by atoms with Gasteiger partial charge in [-0.05, 0) is 53.0 Å². The Labute approximate surface area is 341 Å². The number of fused-ring (bicyclic) bond motifs is 1. The number of hydrogen-bond acceptors (Lipinski definition) is 8.